The summed E-state index contributed by atoms with van der Waals surface area (Å²) in [5.41, 5.74) is 7.50. The Balaban J connectivity index is 1.38. The van der Waals surface area contributed by atoms with Crippen LogP contribution in [0.1, 0.15) is 18.4 Å². The molecule has 140 valence electrons. The second-order valence-electron chi connectivity index (χ2n) is 6.80. The van der Waals surface area contributed by atoms with Crippen LogP contribution in [0.3, 0.4) is 0 Å². The maximum absolute atomic E-state index is 6.10. The molecule has 1 saturated heterocycles. The van der Waals surface area contributed by atoms with Crippen LogP contribution in [0.5, 0.6) is 0 Å². The average Bonchev–Trinajstić information content (AvgIpc) is 2.62. The number of hydrogen-bond donors (Lipinski definition) is 2. The fourth-order valence-electron chi connectivity index (χ4n) is 3.46. The number of rotatable bonds is 4. The van der Waals surface area contributed by atoms with E-state index in [0.717, 1.165) is 49.2 Å². The number of halogens is 2. The maximum atomic E-state index is 6.10. The van der Waals surface area contributed by atoms with Crippen molar-refractivity contribution in [3.63, 3.8) is 0 Å². The van der Waals surface area contributed by atoms with Crippen LogP contribution in [0.2, 0.25) is 10.0 Å². The summed E-state index contributed by atoms with van der Waals surface area (Å²) in [7, 11) is 0. The highest BCUT2D eigenvalue weighted by molar-refractivity contribution is 6.34. The lowest BCUT2D eigenvalue weighted by Crippen LogP contribution is -2.38. The van der Waals surface area contributed by atoms with E-state index in [-0.39, 0.29) is 0 Å². The maximum Gasteiger partial charge on any atom is 0.166 e. The Morgan fingerprint density at radius 3 is 2.56 bits per heavy atom. The molecular formula is C19H20Cl2N6. The molecule has 0 spiro atoms. The van der Waals surface area contributed by atoms with Gasteiger partial charge >= 0.3 is 0 Å². The number of aromatic nitrogens is 3. The number of pyridine rings is 1. The summed E-state index contributed by atoms with van der Waals surface area (Å²) in [6, 6.07) is 9.76. The van der Waals surface area contributed by atoms with Gasteiger partial charge in [0, 0.05) is 35.7 Å². The average molecular weight is 403 g/mol. The molecule has 4 rings (SSSR count). The van der Waals surface area contributed by atoms with Gasteiger partial charge in [-0.05, 0) is 48.7 Å². The van der Waals surface area contributed by atoms with E-state index in [0.29, 0.717) is 27.6 Å². The third kappa shape index (κ3) is 4.40. The van der Waals surface area contributed by atoms with E-state index in [1.54, 1.807) is 12.1 Å². The van der Waals surface area contributed by atoms with Crippen molar-refractivity contribution in [2.75, 3.05) is 24.1 Å². The highest BCUT2D eigenvalue weighted by Gasteiger charge is 2.20. The first-order valence-electron chi connectivity index (χ1n) is 8.88. The molecule has 8 heteroatoms. The molecule has 0 atom stereocenters. The predicted molar refractivity (Wildman–Crippen MR) is 110 cm³/mol. The Bertz CT molecular complexity index is 936. The molecule has 1 aliphatic rings. The molecule has 3 heterocycles. The Morgan fingerprint density at radius 1 is 1.07 bits per heavy atom. The minimum atomic E-state index is 0.361. The second-order valence-corrected chi connectivity index (χ2v) is 7.67. The lowest BCUT2D eigenvalue weighted by molar-refractivity contribution is 0.211. The highest BCUT2D eigenvalue weighted by atomic mass is 35.5. The normalized spacial score (nSPS) is 15.9. The summed E-state index contributed by atoms with van der Waals surface area (Å²) in [4.78, 5) is 15.3. The summed E-state index contributed by atoms with van der Waals surface area (Å²) >= 11 is 12.2. The van der Waals surface area contributed by atoms with E-state index >= 15 is 0 Å². The number of nitrogens with one attached hydrogen (secondary N) is 1. The molecule has 1 aromatic carbocycles. The zero-order valence-corrected chi connectivity index (χ0v) is 16.2. The number of hydrogen-bond acceptors (Lipinski definition) is 6. The minimum absolute atomic E-state index is 0.361. The van der Waals surface area contributed by atoms with Crippen LogP contribution in [-0.4, -0.2) is 39.0 Å². The van der Waals surface area contributed by atoms with E-state index in [4.69, 9.17) is 28.9 Å². The lowest BCUT2D eigenvalue weighted by atomic mass is 10.0. The minimum Gasteiger partial charge on any atom is -0.384 e. The fraction of sp³-hybridized carbons (Fsp3) is 0.316. The number of nitrogens with zero attached hydrogens (tertiary/aromatic N) is 4. The van der Waals surface area contributed by atoms with Crippen molar-refractivity contribution in [1.29, 1.82) is 0 Å². The highest BCUT2D eigenvalue weighted by Crippen LogP contribution is 2.24. The monoisotopic (exact) mass is 402 g/mol. The number of likely N-dealkylation sites (tertiary alicyclic amines) is 1. The summed E-state index contributed by atoms with van der Waals surface area (Å²) in [6.45, 7) is 2.85. The third-order valence-corrected chi connectivity index (χ3v) is 5.21. The van der Waals surface area contributed by atoms with E-state index < -0.39 is 0 Å². The smallest absolute Gasteiger partial charge is 0.166 e. The molecule has 0 amide bonds. The van der Waals surface area contributed by atoms with Crippen LogP contribution in [-0.2, 0) is 6.54 Å². The molecule has 2 aromatic heterocycles. The topological polar surface area (TPSA) is 80.0 Å². The Kier molecular flexibility index (Phi) is 5.29. The molecular weight excluding hydrogens is 383 g/mol. The van der Waals surface area contributed by atoms with Crippen LogP contribution in [0, 0.1) is 0 Å². The summed E-state index contributed by atoms with van der Waals surface area (Å²) in [5, 5.41) is 5.80. The lowest BCUT2D eigenvalue weighted by Gasteiger charge is -2.32. The van der Waals surface area contributed by atoms with Gasteiger partial charge in [-0.1, -0.05) is 23.2 Å². The third-order valence-electron chi connectivity index (χ3n) is 4.78. The van der Waals surface area contributed by atoms with Crippen molar-refractivity contribution in [2.24, 2.45) is 0 Å². The van der Waals surface area contributed by atoms with Gasteiger partial charge in [-0.25, -0.2) is 15.0 Å². The van der Waals surface area contributed by atoms with Crippen LogP contribution in [0.4, 0.5) is 11.6 Å². The van der Waals surface area contributed by atoms with Gasteiger partial charge in [0.25, 0.3) is 0 Å². The standard InChI is InChI=1S/C19H20Cl2N6/c20-13-7-12(8-14(21)9-13)10-27-5-3-15(4-6-27)25-18-16-1-2-17(22)26-19(16)24-11-23-18/h1-2,7-9,11,15H,3-6,10H2,(H3,22,23,24,25,26). The van der Waals surface area contributed by atoms with Gasteiger partial charge in [-0.3, -0.25) is 4.90 Å². The fourth-order valence-corrected chi connectivity index (χ4v) is 4.03. The first-order chi connectivity index (χ1) is 13.1. The predicted octanol–water partition coefficient (Wildman–Crippen LogP) is 3.99. The first kappa shape index (κ1) is 18.2. The van der Waals surface area contributed by atoms with E-state index in [1.807, 2.05) is 18.2 Å². The van der Waals surface area contributed by atoms with Crippen molar-refractivity contribution in [3.05, 3.63) is 52.3 Å². The van der Waals surface area contributed by atoms with Gasteiger partial charge in [0.1, 0.15) is 18.0 Å². The van der Waals surface area contributed by atoms with E-state index in [1.165, 1.54) is 6.33 Å². The SMILES string of the molecule is Nc1ccc2c(NC3CCN(Cc4cc(Cl)cc(Cl)c4)CC3)ncnc2n1. The summed E-state index contributed by atoms with van der Waals surface area (Å²) in [6.07, 6.45) is 3.58. The molecule has 0 unspecified atom stereocenters. The number of nitrogen functional groups attached to an aromatic ring is 1. The Hall–Kier alpha value is -2.15. The van der Waals surface area contributed by atoms with Crippen molar-refractivity contribution in [3.8, 4) is 0 Å². The number of nitrogens with two attached hydrogens (primary N) is 1. The molecule has 0 saturated carbocycles. The quantitative estimate of drug-likeness (QED) is 0.686. The van der Waals surface area contributed by atoms with Crippen LogP contribution in [0.25, 0.3) is 11.0 Å². The van der Waals surface area contributed by atoms with Crippen molar-refractivity contribution >= 4 is 45.9 Å². The largest absolute Gasteiger partial charge is 0.384 e. The zero-order chi connectivity index (χ0) is 18.8. The van der Waals surface area contributed by atoms with Gasteiger partial charge < -0.3 is 11.1 Å². The molecule has 6 nitrogen and oxygen atoms in total. The van der Waals surface area contributed by atoms with Crippen molar-refractivity contribution in [1.82, 2.24) is 19.9 Å². The number of fused-ring (bicyclic) bond motifs is 1. The summed E-state index contributed by atoms with van der Waals surface area (Å²) in [5.74, 6) is 1.27. The van der Waals surface area contributed by atoms with Crippen molar-refractivity contribution < 1.29 is 0 Å². The zero-order valence-electron chi connectivity index (χ0n) is 14.7. The first-order valence-corrected chi connectivity index (χ1v) is 9.63. The molecule has 3 N–H and O–H groups in total. The number of benzene rings is 1. The molecule has 0 bridgehead atoms. The van der Waals surface area contributed by atoms with Gasteiger partial charge in [0.15, 0.2) is 5.65 Å². The Labute approximate surface area is 167 Å². The number of piperidine rings is 1. The molecule has 1 aliphatic heterocycles. The molecule has 0 radical (unpaired) electrons. The van der Waals surface area contributed by atoms with E-state index in [9.17, 15) is 0 Å². The van der Waals surface area contributed by atoms with Gasteiger partial charge in [-0.15, -0.1) is 0 Å². The summed E-state index contributed by atoms with van der Waals surface area (Å²) < 4.78 is 0. The number of anilines is 2. The molecule has 0 aliphatic carbocycles. The molecule has 27 heavy (non-hydrogen) atoms. The van der Waals surface area contributed by atoms with E-state index in [2.05, 4.69) is 25.2 Å². The van der Waals surface area contributed by atoms with Crippen LogP contribution < -0.4 is 11.1 Å². The molecule has 3 aromatic rings. The van der Waals surface area contributed by atoms with Gasteiger partial charge in [-0.2, -0.15) is 0 Å². The van der Waals surface area contributed by atoms with Gasteiger partial charge in [0.05, 0.1) is 5.39 Å². The Morgan fingerprint density at radius 2 is 1.81 bits per heavy atom. The molecule has 1 fully saturated rings. The van der Waals surface area contributed by atoms with Crippen LogP contribution in [0.15, 0.2) is 36.7 Å². The second kappa shape index (κ2) is 7.84. The van der Waals surface area contributed by atoms with Crippen molar-refractivity contribution in [2.45, 2.75) is 25.4 Å². The van der Waals surface area contributed by atoms with Gasteiger partial charge in [0.2, 0.25) is 0 Å². The van der Waals surface area contributed by atoms with Crippen LogP contribution >= 0.6 is 23.2 Å².